The average Bonchev–Trinajstić information content (AvgIpc) is 2.53. The molecule has 1 fully saturated rings. The molecule has 2 N–H and O–H groups in total. The molecule has 0 atom stereocenters. The maximum absolute atomic E-state index is 12.1. The predicted octanol–water partition coefficient (Wildman–Crippen LogP) is 1.77. The molecule has 0 aliphatic carbocycles. The molecule has 126 valence electrons. The van der Waals surface area contributed by atoms with Crippen LogP contribution in [0.4, 0.5) is 0 Å². The molecule has 0 spiro atoms. The van der Waals surface area contributed by atoms with Crippen molar-refractivity contribution < 1.29 is 24.2 Å². The van der Waals surface area contributed by atoms with E-state index in [9.17, 15) is 9.59 Å². The molecule has 6 heteroatoms. The fraction of sp³-hybridized carbons (Fsp3) is 0.529. The SMILES string of the molecule is CCc1ccc(OCC(=O)NC2(CC(=O)O)CCOCC2)cc1. The summed E-state index contributed by atoms with van der Waals surface area (Å²) in [6.45, 7) is 2.84. The predicted molar refractivity (Wildman–Crippen MR) is 84.5 cm³/mol. The molecule has 0 saturated carbocycles. The summed E-state index contributed by atoms with van der Waals surface area (Å²) in [5.74, 6) is -0.618. The van der Waals surface area contributed by atoms with Crippen molar-refractivity contribution in [2.75, 3.05) is 19.8 Å². The highest BCUT2D eigenvalue weighted by atomic mass is 16.5. The number of nitrogens with one attached hydrogen (secondary N) is 1. The summed E-state index contributed by atoms with van der Waals surface area (Å²) < 4.78 is 10.7. The van der Waals surface area contributed by atoms with Gasteiger partial charge in [0.25, 0.3) is 5.91 Å². The monoisotopic (exact) mass is 321 g/mol. The topological polar surface area (TPSA) is 84.9 Å². The van der Waals surface area contributed by atoms with Gasteiger partial charge in [-0.2, -0.15) is 0 Å². The number of rotatable bonds is 7. The highest BCUT2D eigenvalue weighted by Crippen LogP contribution is 2.24. The third-order valence-electron chi connectivity index (χ3n) is 4.05. The van der Waals surface area contributed by atoms with Crippen LogP contribution >= 0.6 is 0 Å². The third-order valence-corrected chi connectivity index (χ3v) is 4.05. The molecule has 1 saturated heterocycles. The molecule has 1 aromatic carbocycles. The Labute approximate surface area is 135 Å². The smallest absolute Gasteiger partial charge is 0.305 e. The van der Waals surface area contributed by atoms with Crippen LogP contribution in [0, 0.1) is 0 Å². The van der Waals surface area contributed by atoms with Crippen LogP contribution in [0.15, 0.2) is 24.3 Å². The molecule has 1 amide bonds. The fourth-order valence-electron chi connectivity index (χ4n) is 2.70. The Bertz CT molecular complexity index is 534. The number of carboxylic acid groups (broad SMARTS) is 1. The number of carbonyl (C=O) groups excluding carboxylic acids is 1. The fourth-order valence-corrected chi connectivity index (χ4v) is 2.70. The minimum atomic E-state index is -0.928. The zero-order valence-electron chi connectivity index (χ0n) is 13.3. The van der Waals surface area contributed by atoms with Gasteiger partial charge in [-0.3, -0.25) is 9.59 Å². The lowest BCUT2D eigenvalue weighted by Gasteiger charge is -2.36. The Morgan fingerprint density at radius 1 is 1.26 bits per heavy atom. The first-order chi connectivity index (χ1) is 11.0. The van der Waals surface area contributed by atoms with Crippen LogP contribution in [-0.4, -0.2) is 42.3 Å². The molecule has 23 heavy (non-hydrogen) atoms. The van der Waals surface area contributed by atoms with Crippen molar-refractivity contribution in [3.05, 3.63) is 29.8 Å². The standard InChI is InChI=1S/C17H23NO5/c1-2-13-3-5-14(6-4-13)23-12-15(19)18-17(11-16(20)21)7-9-22-10-8-17/h3-6H,2,7-12H2,1H3,(H,18,19)(H,20,21). The number of aryl methyl sites for hydroxylation is 1. The van der Waals surface area contributed by atoms with E-state index in [1.807, 2.05) is 24.3 Å². The summed E-state index contributed by atoms with van der Waals surface area (Å²) in [5.41, 5.74) is 0.459. The second-order valence-electron chi connectivity index (χ2n) is 5.80. The minimum Gasteiger partial charge on any atom is -0.484 e. The largest absolute Gasteiger partial charge is 0.484 e. The van der Waals surface area contributed by atoms with Gasteiger partial charge in [0.1, 0.15) is 5.75 Å². The lowest BCUT2D eigenvalue weighted by Crippen LogP contribution is -2.54. The number of aliphatic carboxylic acids is 1. The normalized spacial score (nSPS) is 16.6. The van der Waals surface area contributed by atoms with E-state index in [1.165, 1.54) is 5.56 Å². The van der Waals surface area contributed by atoms with Crippen molar-refractivity contribution in [2.24, 2.45) is 0 Å². The number of hydrogen-bond acceptors (Lipinski definition) is 4. The maximum Gasteiger partial charge on any atom is 0.305 e. The van der Waals surface area contributed by atoms with Gasteiger partial charge in [-0.25, -0.2) is 0 Å². The Morgan fingerprint density at radius 3 is 2.48 bits per heavy atom. The quantitative estimate of drug-likeness (QED) is 0.799. The van der Waals surface area contributed by atoms with E-state index in [4.69, 9.17) is 14.6 Å². The third kappa shape index (κ3) is 5.25. The van der Waals surface area contributed by atoms with Gasteiger partial charge in [-0.15, -0.1) is 0 Å². The zero-order valence-corrected chi connectivity index (χ0v) is 13.3. The Morgan fingerprint density at radius 2 is 1.91 bits per heavy atom. The van der Waals surface area contributed by atoms with Crippen molar-refractivity contribution in [3.63, 3.8) is 0 Å². The van der Waals surface area contributed by atoms with Crippen LogP contribution in [0.3, 0.4) is 0 Å². The molecular weight excluding hydrogens is 298 g/mol. The summed E-state index contributed by atoms with van der Waals surface area (Å²) >= 11 is 0. The number of ether oxygens (including phenoxy) is 2. The van der Waals surface area contributed by atoms with E-state index < -0.39 is 11.5 Å². The van der Waals surface area contributed by atoms with E-state index in [1.54, 1.807) is 0 Å². The van der Waals surface area contributed by atoms with Crippen LogP contribution in [-0.2, 0) is 20.7 Å². The molecule has 0 radical (unpaired) electrons. The lowest BCUT2D eigenvalue weighted by molar-refractivity contribution is -0.140. The van der Waals surface area contributed by atoms with E-state index in [2.05, 4.69) is 12.2 Å². The first-order valence-electron chi connectivity index (χ1n) is 7.85. The number of hydrogen-bond donors (Lipinski definition) is 2. The van der Waals surface area contributed by atoms with Crippen molar-refractivity contribution in [1.29, 1.82) is 0 Å². The molecule has 0 aromatic heterocycles. The molecule has 0 bridgehead atoms. The van der Waals surface area contributed by atoms with Gasteiger partial charge in [-0.05, 0) is 37.0 Å². The van der Waals surface area contributed by atoms with Gasteiger partial charge in [0.15, 0.2) is 6.61 Å². The van der Waals surface area contributed by atoms with Gasteiger partial charge >= 0.3 is 5.97 Å². The first-order valence-corrected chi connectivity index (χ1v) is 7.85. The minimum absolute atomic E-state index is 0.104. The Hall–Kier alpha value is -2.08. The molecule has 6 nitrogen and oxygen atoms in total. The van der Waals surface area contributed by atoms with E-state index in [0.29, 0.717) is 31.8 Å². The second-order valence-corrected chi connectivity index (χ2v) is 5.80. The first kappa shape index (κ1) is 17.3. The van der Waals surface area contributed by atoms with Crippen LogP contribution in [0.25, 0.3) is 0 Å². The van der Waals surface area contributed by atoms with Crippen molar-refractivity contribution >= 4 is 11.9 Å². The van der Waals surface area contributed by atoms with Gasteiger partial charge in [0.05, 0.1) is 12.0 Å². The van der Waals surface area contributed by atoms with Crippen LogP contribution < -0.4 is 10.1 Å². The van der Waals surface area contributed by atoms with Crippen molar-refractivity contribution in [1.82, 2.24) is 5.32 Å². The highest BCUT2D eigenvalue weighted by molar-refractivity contribution is 5.79. The zero-order chi connectivity index (χ0) is 16.7. The Balaban J connectivity index is 1.89. The summed E-state index contributed by atoms with van der Waals surface area (Å²) in [7, 11) is 0. The van der Waals surface area contributed by atoms with E-state index in [-0.39, 0.29) is 18.9 Å². The van der Waals surface area contributed by atoms with Crippen LogP contribution in [0.1, 0.15) is 31.7 Å². The number of amides is 1. The van der Waals surface area contributed by atoms with Gasteiger partial charge < -0.3 is 19.9 Å². The van der Waals surface area contributed by atoms with Gasteiger partial charge in [0, 0.05) is 13.2 Å². The molecule has 0 unspecified atom stereocenters. The second kappa shape index (κ2) is 7.97. The molecule has 1 aliphatic heterocycles. The molecule has 1 heterocycles. The summed E-state index contributed by atoms with van der Waals surface area (Å²) in [5, 5.41) is 11.9. The number of carbonyl (C=O) groups is 2. The van der Waals surface area contributed by atoms with Crippen molar-refractivity contribution in [2.45, 2.75) is 38.1 Å². The summed E-state index contributed by atoms with van der Waals surface area (Å²) in [6, 6.07) is 7.57. The van der Waals surface area contributed by atoms with Gasteiger partial charge in [0.2, 0.25) is 0 Å². The number of benzene rings is 1. The van der Waals surface area contributed by atoms with E-state index >= 15 is 0 Å². The lowest BCUT2D eigenvalue weighted by atomic mass is 9.86. The Kier molecular flexibility index (Phi) is 5.98. The van der Waals surface area contributed by atoms with Gasteiger partial charge in [-0.1, -0.05) is 19.1 Å². The van der Waals surface area contributed by atoms with Crippen molar-refractivity contribution in [3.8, 4) is 5.75 Å². The van der Waals surface area contributed by atoms with E-state index in [0.717, 1.165) is 6.42 Å². The summed E-state index contributed by atoms with van der Waals surface area (Å²) in [4.78, 5) is 23.2. The number of carboxylic acids is 1. The molecule has 1 aromatic rings. The summed E-state index contributed by atoms with van der Waals surface area (Å²) in [6.07, 6.45) is 1.83. The maximum atomic E-state index is 12.1. The molecule has 1 aliphatic rings. The molecule has 2 rings (SSSR count). The van der Waals surface area contributed by atoms with Crippen LogP contribution in [0.2, 0.25) is 0 Å². The average molecular weight is 321 g/mol. The highest BCUT2D eigenvalue weighted by Gasteiger charge is 2.36. The van der Waals surface area contributed by atoms with Crippen LogP contribution in [0.5, 0.6) is 5.75 Å². The molecular formula is C17H23NO5.